The molecule has 0 N–H and O–H groups in total. The molecule has 0 amide bonds. The van der Waals surface area contributed by atoms with Crippen LogP contribution in [-0.4, -0.2) is 39.7 Å². The fourth-order valence-electron chi connectivity index (χ4n) is 3.63. The van der Waals surface area contributed by atoms with Gasteiger partial charge in [-0.2, -0.15) is 0 Å². The minimum absolute atomic E-state index is 0.0707. The maximum atomic E-state index is 6.22. The lowest BCUT2D eigenvalue weighted by Crippen LogP contribution is -2.32. The summed E-state index contributed by atoms with van der Waals surface area (Å²) in [5, 5.41) is 0. The van der Waals surface area contributed by atoms with E-state index in [2.05, 4.69) is 33.5 Å². The first kappa shape index (κ1) is 13.5. The summed E-state index contributed by atoms with van der Waals surface area (Å²) in [6.07, 6.45) is 8.08. The molecule has 2 aromatic rings. The fourth-order valence-corrected chi connectivity index (χ4v) is 4.57. The first-order valence-electron chi connectivity index (χ1n) is 7.62. The van der Waals surface area contributed by atoms with E-state index >= 15 is 0 Å². The van der Waals surface area contributed by atoms with Crippen molar-refractivity contribution in [3.8, 4) is 0 Å². The highest BCUT2D eigenvalue weighted by Gasteiger charge is 2.45. The monoisotopic (exact) mass is 303 g/mol. The molecule has 4 nitrogen and oxygen atoms in total. The highest BCUT2D eigenvalue weighted by molar-refractivity contribution is 7.11. The molecule has 5 heteroatoms. The number of aromatic nitrogens is 2. The number of hydrogen-bond acceptors (Lipinski definition) is 4. The minimum atomic E-state index is 0.0707. The summed E-state index contributed by atoms with van der Waals surface area (Å²) in [5.41, 5.74) is 0.0707. The molecule has 0 bridgehead atoms. The lowest BCUT2D eigenvalue weighted by Gasteiger charge is -2.23. The van der Waals surface area contributed by atoms with Crippen LogP contribution in [0.2, 0.25) is 0 Å². The molecule has 4 rings (SSSR count). The van der Waals surface area contributed by atoms with Gasteiger partial charge in [-0.1, -0.05) is 0 Å². The number of rotatable bonds is 3. The highest BCUT2D eigenvalue weighted by Crippen LogP contribution is 2.40. The van der Waals surface area contributed by atoms with Crippen LogP contribution in [0.15, 0.2) is 30.9 Å². The number of likely N-dealkylation sites (tertiary alicyclic amines) is 1. The third kappa shape index (κ3) is 2.65. The largest absolute Gasteiger partial charge is 0.371 e. The minimum Gasteiger partial charge on any atom is -0.371 e. The van der Waals surface area contributed by atoms with E-state index in [0.29, 0.717) is 6.04 Å². The van der Waals surface area contributed by atoms with Crippen molar-refractivity contribution in [3.05, 3.63) is 40.6 Å². The molecule has 2 aliphatic rings. The zero-order valence-corrected chi connectivity index (χ0v) is 13.2. The molecular formula is C16H21N3OS. The second kappa shape index (κ2) is 5.23. The molecule has 2 atom stereocenters. The Morgan fingerprint density at radius 3 is 3.19 bits per heavy atom. The van der Waals surface area contributed by atoms with Crippen molar-refractivity contribution in [2.45, 2.75) is 38.0 Å². The van der Waals surface area contributed by atoms with Crippen molar-refractivity contribution in [1.29, 1.82) is 0 Å². The molecule has 2 fully saturated rings. The van der Waals surface area contributed by atoms with E-state index in [0.717, 1.165) is 39.1 Å². The van der Waals surface area contributed by atoms with Crippen LogP contribution in [0.1, 0.15) is 28.6 Å². The first-order valence-corrected chi connectivity index (χ1v) is 8.43. The molecule has 2 aliphatic heterocycles. The lowest BCUT2D eigenvalue weighted by atomic mass is 9.97. The molecule has 0 saturated carbocycles. The predicted octanol–water partition coefficient (Wildman–Crippen LogP) is 2.86. The molecule has 1 spiro atoms. The van der Waals surface area contributed by atoms with Gasteiger partial charge in [-0.05, 0) is 25.5 Å². The van der Waals surface area contributed by atoms with E-state index in [9.17, 15) is 0 Å². The Balaban J connectivity index is 1.40. The maximum absolute atomic E-state index is 6.22. The molecule has 0 radical (unpaired) electrons. The van der Waals surface area contributed by atoms with Gasteiger partial charge in [0, 0.05) is 48.2 Å². The van der Waals surface area contributed by atoms with Gasteiger partial charge in [0.05, 0.1) is 24.6 Å². The molecule has 4 heterocycles. The molecule has 21 heavy (non-hydrogen) atoms. The normalized spacial score (nSPS) is 29.7. The van der Waals surface area contributed by atoms with Crippen molar-refractivity contribution < 1.29 is 4.74 Å². The third-order valence-electron chi connectivity index (χ3n) is 4.71. The Morgan fingerprint density at radius 1 is 1.48 bits per heavy atom. The summed E-state index contributed by atoms with van der Waals surface area (Å²) in [4.78, 5) is 9.56. The average molecular weight is 303 g/mol. The summed E-state index contributed by atoms with van der Waals surface area (Å²) in [5.74, 6) is 0. The standard InChI is InChI=1S/C16H21N3OS/c1-13-2-3-15(21-13)9-18-6-4-16(11-18)8-14(10-20-16)19-7-5-17-12-19/h2-3,5,7,12,14H,4,6,8-11H2,1H3/t14-,16-/m1/s1. The molecular weight excluding hydrogens is 282 g/mol. The van der Waals surface area contributed by atoms with Gasteiger partial charge in [-0.3, -0.25) is 4.90 Å². The van der Waals surface area contributed by atoms with Crippen LogP contribution in [-0.2, 0) is 11.3 Å². The van der Waals surface area contributed by atoms with E-state index < -0.39 is 0 Å². The first-order chi connectivity index (χ1) is 10.2. The Morgan fingerprint density at radius 2 is 2.43 bits per heavy atom. The Hall–Kier alpha value is -1.17. The van der Waals surface area contributed by atoms with Crippen molar-refractivity contribution in [2.24, 2.45) is 0 Å². The fraction of sp³-hybridized carbons (Fsp3) is 0.562. The lowest BCUT2D eigenvalue weighted by molar-refractivity contribution is 0.0113. The highest BCUT2D eigenvalue weighted by atomic mass is 32.1. The van der Waals surface area contributed by atoms with Crippen molar-refractivity contribution in [1.82, 2.24) is 14.5 Å². The van der Waals surface area contributed by atoms with Crippen LogP contribution in [0.25, 0.3) is 0 Å². The Kier molecular flexibility index (Phi) is 3.36. The van der Waals surface area contributed by atoms with Gasteiger partial charge in [-0.25, -0.2) is 4.98 Å². The topological polar surface area (TPSA) is 30.3 Å². The number of nitrogens with zero attached hydrogens (tertiary/aromatic N) is 3. The Bertz CT molecular complexity index is 609. The van der Waals surface area contributed by atoms with Crippen molar-refractivity contribution >= 4 is 11.3 Å². The molecule has 2 saturated heterocycles. The van der Waals surface area contributed by atoms with Crippen LogP contribution in [0, 0.1) is 6.92 Å². The second-order valence-corrected chi connectivity index (χ2v) is 7.71. The zero-order valence-electron chi connectivity index (χ0n) is 12.4. The molecule has 112 valence electrons. The van der Waals surface area contributed by atoms with Gasteiger partial charge in [0.1, 0.15) is 0 Å². The van der Waals surface area contributed by atoms with E-state index in [1.807, 2.05) is 30.1 Å². The van der Waals surface area contributed by atoms with Crippen LogP contribution in [0.4, 0.5) is 0 Å². The molecule has 0 aromatic carbocycles. The van der Waals surface area contributed by atoms with Gasteiger partial charge >= 0.3 is 0 Å². The molecule has 2 aromatic heterocycles. The SMILES string of the molecule is Cc1ccc(CN2CC[C@@]3(C[C@@H](n4ccnc4)CO3)C2)s1. The van der Waals surface area contributed by atoms with Gasteiger partial charge in [-0.15, -0.1) is 11.3 Å². The Labute approximate surface area is 129 Å². The van der Waals surface area contributed by atoms with Crippen LogP contribution < -0.4 is 0 Å². The van der Waals surface area contributed by atoms with Gasteiger partial charge in [0.25, 0.3) is 0 Å². The van der Waals surface area contributed by atoms with E-state index in [1.165, 1.54) is 9.75 Å². The number of ether oxygens (including phenoxy) is 1. The second-order valence-electron chi connectivity index (χ2n) is 6.33. The summed E-state index contributed by atoms with van der Waals surface area (Å²) in [6, 6.07) is 4.93. The maximum Gasteiger partial charge on any atom is 0.0949 e. The van der Waals surface area contributed by atoms with Crippen LogP contribution in [0.5, 0.6) is 0 Å². The predicted molar refractivity (Wildman–Crippen MR) is 83.5 cm³/mol. The number of thiophene rings is 1. The summed E-state index contributed by atoms with van der Waals surface area (Å²) in [6.45, 7) is 6.28. The van der Waals surface area contributed by atoms with E-state index in [-0.39, 0.29) is 5.60 Å². The van der Waals surface area contributed by atoms with Crippen molar-refractivity contribution in [3.63, 3.8) is 0 Å². The number of aryl methyl sites for hydroxylation is 1. The van der Waals surface area contributed by atoms with E-state index in [1.54, 1.807) is 0 Å². The average Bonchev–Trinajstić information content (AvgIpc) is 3.21. The van der Waals surface area contributed by atoms with Gasteiger partial charge < -0.3 is 9.30 Å². The van der Waals surface area contributed by atoms with Crippen molar-refractivity contribution in [2.75, 3.05) is 19.7 Å². The van der Waals surface area contributed by atoms with E-state index in [4.69, 9.17) is 4.74 Å². The molecule has 0 aliphatic carbocycles. The number of hydrogen-bond donors (Lipinski definition) is 0. The summed E-state index contributed by atoms with van der Waals surface area (Å²) < 4.78 is 8.42. The smallest absolute Gasteiger partial charge is 0.0949 e. The number of imidazole rings is 1. The summed E-state index contributed by atoms with van der Waals surface area (Å²) in [7, 11) is 0. The zero-order chi connectivity index (χ0) is 14.3. The molecule has 0 unspecified atom stereocenters. The van der Waals surface area contributed by atoms with Crippen LogP contribution >= 0.6 is 11.3 Å². The quantitative estimate of drug-likeness (QED) is 0.873. The summed E-state index contributed by atoms with van der Waals surface area (Å²) >= 11 is 1.91. The van der Waals surface area contributed by atoms with Gasteiger partial charge in [0.2, 0.25) is 0 Å². The third-order valence-corrected chi connectivity index (χ3v) is 5.69. The van der Waals surface area contributed by atoms with Gasteiger partial charge in [0.15, 0.2) is 0 Å². The van der Waals surface area contributed by atoms with Crippen LogP contribution in [0.3, 0.4) is 0 Å².